The number of likely N-dealkylation sites (tertiary alicyclic amines) is 1. The number of thiazole rings is 1. The molecule has 6 rings (SSSR count). The van der Waals surface area contributed by atoms with Crippen LogP contribution in [-0.2, 0) is 31.1 Å². The SMILES string of the molecule is Cc1c(COc2cc(OCc3cncc(C#N)c3)c(CN3CCCCC3C(=O)O)cc2Cl)cccc1-c1cccc(NC(=O)c2ncc(CNCCO)s2)c1C. The van der Waals surface area contributed by atoms with Crippen LogP contribution in [0.1, 0.15) is 67.3 Å². The molecule has 5 aromatic rings. The van der Waals surface area contributed by atoms with E-state index in [4.69, 9.17) is 26.2 Å². The van der Waals surface area contributed by atoms with Gasteiger partial charge in [0.1, 0.15) is 36.8 Å². The molecule has 1 saturated heterocycles. The second kappa shape index (κ2) is 19.0. The number of carboxylic acids is 1. The van der Waals surface area contributed by atoms with E-state index < -0.39 is 12.0 Å². The first-order valence-electron chi connectivity index (χ1n) is 18.3. The standard InChI is InChI=1S/C42H43ClN6O6S/c1-26-30(7-5-8-33(26)34-9-6-10-36(27(34)2)48-40(51)41-47-22-32(56-41)21-45-12-14-50)25-55-39-17-38(54-24-29-15-28(18-44)19-46-20-29)31(16-35(39)43)23-49-13-4-3-11-37(49)42(52)53/h5-10,15-17,19-20,22,37,45,50H,3-4,11-14,21,23-25H2,1-2H3,(H,48,51)(H,52,53). The summed E-state index contributed by atoms with van der Waals surface area (Å²) in [5.74, 6) is -0.244. The Morgan fingerprint density at radius 2 is 1.79 bits per heavy atom. The Morgan fingerprint density at radius 1 is 1.00 bits per heavy atom. The number of pyridine rings is 1. The molecule has 1 aliphatic heterocycles. The Bertz CT molecular complexity index is 2240. The molecule has 1 amide bonds. The zero-order chi connectivity index (χ0) is 39.6. The monoisotopic (exact) mass is 794 g/mol. The fraction of sp³-hybridized carbons (Fsp3) is 0.310. The number of rotatable bonds is 16. The van der Waals surface area contributed by atoms with Gasteiger partial charge >= 0.3 is 5.97 Å². The van der Waals surface area contributed by atoms with Gasteiger partial charge in [-0.25, -0.2) is 4.98 Å². The summed E-state index contributed by atoms with van der Waals surface area (Å²) in [7, 11) is 0. The van der Waals surface area contributed by atoms with Crippen molar-refractivity contribution in [3.63, 3.8) is 0 Å². The van der Waals surface area contributed by atoms with E-state index in [1.165, 1.54) is 17.5 Å². The third-order valence-corrected chi connectivity index (χ3v) is 11.0. The number of hydrogen-bond acceptors (Lipinski definition) is 11. The van der Waals surface area contributed by atoms with Gasteiger partial charge in [-0.3, -0.25) is 19.5 Å². The van der Waals surface area contributed by atoms with E-state index in [-0.39, 0.29) is 25.7 Å². The summed E-state index contributed by atoms with van der Waals surface area (Å²) in [5.41, 5.74) is 7.31. The largest absolute Gasteiger partial charge is 0.488 e. The van der Waals surface area contributed by atoms with Crippen LogP contribution in [0.15, 0.2) is 73.2 Å². The maximum Gasteiger partial charge on any atom is 0.320 e. The van der Waals surface area contributed by atoms with E-state index in [1.54, 1.807) is 30.6 Å². The molecule has 14 heteroatoms. The first-order valence-corrected chi connectivity index (χ1v) is 19.5. The number of nitrogens with zero attached hydrogens (tertiary/aromatic N) is 4. The van der Waals surface area contributed by atoms with Crippen molar-refractivity contribution in [3.05, 3.63) is 121 Å². The van der Waals surface area contributed by atoms with E-state index in [0.29, 0.717) is 70.9 Å². The number of ether oxygens (including phenoxy) is 2. The highest BCUT2D eigenvalue weighted by Crippen LogP contribution is 2.37. The van der Waals surface area contributed by atoms with Gasteiger partial charge in [0, 0.05) is 66.0 Å². The number of aliphatic hydroxyl groups excluding tert-OH is 1. The van der Waals surface area contributed by atoms with Crippen LogP contribution < -0.4 is 20.1 Å². The molecule has 56 heavy (non-hydrogen) atoms. The van der Waals surface area contributed by atoms with Crippen LogP contribution in [0.3, 0.4) is 0 Å². The predicted octanol–water partition coefficient (Wildman–Crippen LogP) is 7.28. The molecule has 0 bridgehead atoms. The van der Waals surface area contributed by atoms with Crippen molar-refractivity contribution in [3.8, 4) is 28.7 Å². The fourth-order valence-corrected chi connectivity index (χ4v) is 7.74. The molecule has 2 aromatic heterocycles. The highest BCUT2D eigenvalue weighted by atomic mass is 35.5. The van der Waals surface area contributed by atoms with Gasteiger partial charge < -0.3 is 30.3 Å². The Kier molecular flexibility index (Phi) is 13.7. The number of nitriles is 1. The van der Waals surface area contributed by atoms with Crippen LogP contribution in [0, 0.1) is 25.2 Å². The van der Waals surface area contributed by atoms with E-state index in [1.807, 2.05) is 55.1 Å². The number of piperidine rings is 1. The van der Waals surface area contributed by atoms with Gasteiger partial charge in [-0.15, -0.1) is 11.3 Å². The Morgan fingerprint density at radius 3 is 2.57 bits per heavy atom. The maximum atomic E-state index is 13.2. The Labute approximate surface area is 334 Å². The van der Waals surface area contributed by atoms with Gasteiger partial charge in [0.25, 0.3) is 5.91 Å². The number of aliphatic hydroxyl groups is 1. The zero-order valence-corrected chi connectivity index (χ0v) is 32.8. The normalized spacial score (nSPS) is 14.2. The summed E-state index contributed by atoms with van der Waals surface area (Å²) in [6.45, 7) is 6.33. The number of halogens is 1. The molecule has 1 fully saturated rings. The van der Waals surface area contributed by atoms with Crippen LogP contribution in [0.5, 0.6) is 11.5 Å². The third-order valence-electron chi connectivity index (χ3n) is 9.74. The summed E-state index contributed by atoms with van der Waals surface area (Å²) in [4.78, 5) is 36.5. The summed E-state index contributed by atoms with van der Waals surface area (Å²) >= 11 is 8.15. The lowest BCUT2D eigenvalue weighted by Crippen LogP contribution is -2.44. The predicted molar refractivity (Wildman–Crippen MR) is 215 cm³/mol. The molecule has 0 spiro atoms. The van der Waals surface area contributed by atoms with E-state index in [9.17, 15) is 20.0 Å². The number of aliphatic carboxylic acids is 1. The number of carbonyl (C=O) groups is 2. The molecule has 4 N–H and O–H groups in total. The van der Waals surface area contributed by atoms with Gasteiger partial charge in [0.05, 0.1) is 17.2 Å². The van der Waals surface area contributed by atoms with E-state index in [2.05, 4.69) is 26.7 Å². The van der Waals surface area contributed by atoms with Crippen LogP contribution in [0.25, 0.3) is 11.1 Å². The second-order valence-electron chi connectivity index (χ2n) is 13.5. The van der Waals surface area contributed by atoms with Crippen molar-refractivity contribution >= 4 is 40.5 Å². The highest BCUT2D eigenvalue weighted by molar-refractivity contribution is 7.13. The van der Waals surface area contributed by atoms with Gasteiger partial charge in [-0.2, -0.15) is 5.26 Å². The lowest BCUT2D eigenvalue weighted by molar-refractivity contribution is -0.144. The summed E-state index contributed by atoms with van der Waals surface area (Å²) in [6, 6.07) is 18.5. The number of amides is 1. The topological polar surface area (TPSA) is 170 Å². The van der Waals surface area contributed by atoms with Gasteiger partial charge in [-0.05, 0) is 79.3 Å². The minimum absolute atomic E-state index is 0.0362. The molecule has 3 aromatic carbocycles. The van der Waals surface area contributed by atoms with Crippen LogP contribution in [-0.4, -0.2) is 62.7 Å². The number of hydrogen-bond donors (Lipinski definition) is 4. The van der Waals surface area contributed by atoms with Crippen LogP contribution in [0.4, 0.5) is 5.69 Å². The molecule has 1 atom stereocenters. The average molecular weight is 795 g/mol. The highest BCUT2D eigenvalue weighted by Gasteiger charge is 2.29. The summed E-state index contributed by atoms with van der Waals surface area (Å²) in [6.07, 6.45) is 7.12. The summed E-state index contributed by atoms with van der Waals surface area (Å²) < 4.78 is 12.7. The molecule has 1 aliphatic rings. The maximum absolute atomic E-state index is 13.2. The first kappa shape index (κ1) is 40.3. The molecule has 290 valence electrons. The summed E-state index contributed by atoms with van der Waals surface area (Å²) in [5, 5.41) is 35.1. The Hall–Kier alpha value is -5.36. The van der Waals surface area contributed by atoms with Crippen molar-refractivity contribution in [2.75, 3.05) is 25.0 Å². The number of nitrogens with one attached hydrogen (secondary N) is 2. The van der Waals surface area contributed by atoms with Crippen molar-refractivity contribution in [1.82, 2.24) is 20.2 Å². The van der Waals surface area contributed by atoms with E-state index in [0.717, 1.165) is 51.1 Å². The van der Waals surface area contributed by atoms with Gasteiger partial charge in [0.15, 0.2) is 5.01 Å². The molecule has 3 heterocycles. The smallest absolute Gasteiger partial charge is 0.320 e. The number of carbonyl (C=O) groups excluding carboxylic acids is 1. The quantitative estimate of drug-likeness (QED) is 0.0741. The number of carboxylic acid groups (broad SMARTS) is 1. The van der Waals surface area contributed by atoms with Crippen molar-refractivity contribution < 1.29 is 29.3 Å². The first-order chi connectivity index (χ1) is 27.1. The molecular formula is C42H43ClN6O6S. The van der Waals surface area contributed by atoms with Crippen LogP contribution in [0.2, 0.25) is 5.02 Å². The number of benzene rings is 3. The third kappa shape index (κ3) is 9.89. The number of aromatic nitrogens is 2. The molecular weight excluding hydrogens is 752 g/mol. The average Bonchev–Trinajstić information content (AvgIpc) is 3.68. The molecule has 0 radical (unpaired) electrons. The number of anilines is 1. The van der Waals surface area contributed by atoms with Crippen LogP contribution >= 0.6 is 22.9 Å². The minimum atomic E-state index is -0.851. The van der Waals surface area contributed by atoms with E-state index >= 15 is 0 Å². The molecule has 1 unspecified atom stereocenters. The fourth-order valence-electron chi connectivity index (χ4n) is 6.72. The molecule has 0 saturated carbocycles. The van der Waals surface area contributed by atoms with Gasteiger partial charge in [-0.1, -0.05) is 48.4 Å². The van der Waals surface area contributed by atoms with Crippen molar-refractivity contribution in [2.24, 2.45) is 0 Å². The molecule has 12 nitrogen and oxygen atoms in total. The zero-order valence-electron chi connectivity index (χ0n) is 31.2. The lowest BCUT2D eigenvalue weighted by Gasteiger charge is -2.33. The minimum Gasteiger partial charge on any atom is -0.488 e. The van der Waals surface area contributed by atoms with Gasteiger partial charge in [0.2, 0.25) is 0 Å². The lowest BCUT2D eigenvalue weighted by atomic mass is 9.93. The van der Waals surface area contributed by atoms with Crippen molar-refractivity contribution in [2.45, 2.75) is 65.5 Å². The molecule has 0 aliphatic carbocycles. The Balaban J connectivity index is 1.21. The van der Waals surface area contributed by atoms with Crippen molar-refractivity contribution in [1.29, 1.82) is 5.26 Å². The second-order valence-corrected chi connectivity index (χ2v) is 15.1.